The van der Waals surface area contributed by atoms with Crippen molar-refractivity contribution in [3.8, 4) is 0 Å². The van der Waals surface area contributed by atoms with Gasteiger partial charge in [-0.1, -0.05) is 36.9 Å². The van der Waals surface area contributed by atoms with Gasteiger partial charge in [-0.3, -0.25) is 4.89 Å². The summed E-state index contributed by atoms with van der Waals surface area (Å²) < 4.78 is 24.8. The summed E-state index contributed by atoms with van der Waals surface area (Å²) in [6.07, 6.45) is 6.03. The molecule has 0 aromatic rings. The van der Waals surface area contributed by atoms with Gasteiger partial charge in [0.2, 0.25) is 0 Å². The number of hydrogen-bond donors (Lipinski definition) is 0. The van der Waals surface area contributed by atoms with E-state index in [1.54, 1.807) is 0 Å². The van der Waals surface area contributed by atoms with Gasteiger partial charge in [0.25, 0.3) is 10.1 Å². The van der Waals surface area contributed by atoms with Gasteiger partial charge in [-0.25, -0.2) is 4.79 Å². The SMILES string of the molecule is CCCCCCCC(=O)OOS(C)(=O)=O. The molecule has 0 aromatic heterocycles. The van der Waals surface area contributed by atoms with Crippen LogP contribution in [-0.4, -0.2) is 20.6 Å². The second-order valence-corrected chi connectivity index (χ2v) is 4.94. The molecule has 0 atom stereocenters. The van der Waals surface area contributed by atoms with Crippen molar-refractivity contribution < 1.29 is 22.4 Å². The summed E-state index contributed by atoms with van der Waals surface area (Å²) in [6, 6.07) is 0. The normalized spacial score (nSPS) is 11.3. The molecule has 0 bridgehead atoms. The highest BCUT2D eigenvalue weighted by molar-refractivity contribution is 7.85. The van der Waals surface area contributed by atoms with Crippen molar-refractivity contribution >= 4 is 16.1 Å². The molecule has 0 spiro atoms. The first-order valence-electron chi connectivity index (χ1n) is 5.04. The second-order valence-electron chi connectivity index (χ2n) is 3.39. The summed E-state index contributed by atoms with van der Waals surface area (Å²) in [5.41, 5.74) is 0. The molecule has 0 fully saturated rings. The lowest BCUT2D eigenvalue weighted by molar-refractivity contribution is -0.211. The van der Waals surface area contributed by atoms with Gasteiger partial charge in [0.1, 0.15) is 0 Å². The highest BCUT2D eigenvalue weighted by Gasteiger charge is 2.09. The molecule has 0 rings (SSSR count). The molecule has 0 aliphatic carbocycles. The average molecular weight is 238 g/mol. The van der Waals surface area contributed by atoms with Gasteiger partial charge in [-0.05, 0) is 6.42 Å². The van der Waals surface area contributed by atoms with Gasteiger partial charge in [0.05, 0.1) is 6.26 Å². The largest absolute Gasteiger partial charge is 0.343 e. The average Bonchev–Trinajstić information content (AvgIpc) is 2.13. The minimum atomic E-state index is -3.70. The van der Waals surface area contributed by atoms with Crippen LogP contribution in [-0.2, 0) is 24.1 Å². The second kappa shape index (κ2) is 7.64. The van der Waals surface area contributed by atoms with Gasteiger partial charge in [-0.15, -0.1) is 0 Å². The van der Waals surface area contributed by atoms with Crippen LogP contribution < -0.4 is 0 Å². The van der Waals surface area contributed by atoms with Crippen LogP contribution in [0.4, 0.5) is 0 Å². The maximum absolute atomic E-state index is 10.9. The van der Waals surface area contributed by atoms with E-state index in [-0.39, 0.29) is 6.42 Å². The van der Waals surface area contributed by atoms with Gasteiger partial charge in [0.15, 0.2) is 0 Å². The number of carbonyl (C=O) groups is 1. The zero-order valence-electron chi connectivity index (χ0n) is 9.19. The van der Waals surface area contributed by atoms with Crippen LogP contribution in [0.15, 0.2) is 0 Å². The minimum Gasteiger partial charge on any atom is -0.282 e. The molecule has 15 heavy (non-hydrogen) atoms. The molecule has 0 heterocycles. The van der Waals surface area contributed by atoms with E-state index in [0.717, 1.165) is 31.9 Å². The Morgan fingerprint density at radius 3 is 2.27 bits per heavy atom. The fourth-order valence-electron chi connectivity index (χ4n) is 1.01. The molecule has 0 aromatic carbocycles. The Labute approximate surface area is 90.8 Å². The quantitative estimate of drug-likeness (QED) is 0.366. The minimum absolute atomic E-state index is 0.194. The van der Waals surface area contributed by atoms with E-state index in [1.165, 1.54) is 0 Å². The van der Waals surface area contributed by atoms with E-state index in [2.05, 4.69) is 16.1 Å². The number of rotatable bonds is 8. The summed E-state index contributed by atoms with van der Waals surface area (Å²) in [5.74, 6) is -0.642. The van der Waals surface area contributed by atoms with Crippen molar-refractivity contribution in [2.24, 2.45) is 0 Å². The van der Waals surface area contributed by atoms with Crippen LogP contribution >= 0.6 is 0 Å². The fourth-order valence-corrected chi connectivity index (χ4v) is 1.21. The maximum Gasteiger partial charge on any atom is 0.343 e. The zero-order chi connectivity index (χ0) is 11.7. The zero-order valence-corrected chi connectivity index (χ0v) is 10.0. The smallest absolute Gasteiger partial charge is 0.282 e. The van der Waals surface area contributed by atoms with Crippen LogP contribution in [0.5, 0.6) is 0 Å². The Kier molecular flexibility index (Phi) is 7.33. The van der Waals surface area contributed by atoms with E-state index in [1.807, 2.05) is 0 Å². The molecule has 6 heteroatoms. The van der Waals surface area contributed by atoms with Gasteiger partial charge >= 0.3 is 5.97 Å². The summed E-state index contributed by atoms with van der Waals surface area (Å²) in [6.45, 7) is 2.11. The van der Waals surface area contributed by atoms with E-state index in [0.29, 0.717) is 6.42 Å². The third-order valence-electron chi connectivity index (χ3n) is 1.74. The lowest BCUT2D eigenvalue weighted by atomic mass is 10.1. The summed E-state index contributed by atoms with van der Waals surface area (Å²) >= 11 is 0. The standard InChI is InChI=1S/C9H18O5S/c1-3-4-5-6-7-8-9(10)13-14-15(2,11)12/h3-8H2,1-2H3. The van der Waals surface area contributed by atoms with Gasteiger partial charge in [-0.2, -0.15) is 8.42 Å². The highest BCUT2D eigenvalue weighted by Crippen LogP contribution is 2.06. The Hall–Kier alpha value is -0.620. The van der Waals surface area contributed by atoms with Crippen LogP contribution in [0.2, 0.25) is 0 Å². The molecule has 0 N–H and O–H groups in total. The van der Waals surface area contributed by atoms with Crippen molar-refractivity contribution in [1.29, 1.82) is 0 Å². The molecule has 5 nitrogen and oxygen atoms in total. The van der Waals surface area contributed by atoms with E-state index in [9.17, 15) is 13.2 Å². The van der Waals surface area contributed by atoms with Crippen molar-refractivity contribution in [2.75, 3.05) is 6.26 Å². The third-order valence-corrected chi connectivity index (χ3v) is 2.05. The monoisotopic (exact) mass is 238 g/mol. The topological polar surface area (TPSA) is 69.7 Å². The molecule has 0 aliphatic rings. The Balaban J connectivity index is 3.42. The summed E-state index contributed by atoms with van der Waals surface area (Å²) in [7, 11) is -3.70. The molecule has 0 amide bonds. The Bertz CT molecular complexity index is 270. The van der Waals surface area contributed by atoms with Crippen LogP contribution in [0.1, 0.15) is 45.4 Å². The molecule has 0 aliphatic heterocycles. The fraction of sp³-hybridized carbons (Fsp3) is 0.889. The molecule has 0 saturated carbocycles. The Morgan fingerprint density at radius 2 is 1.73 bits per heavy atom. The number of unbranched alkanes of at least 4 members (excludes halogenated alkanes) is 4. The van der Waals surface area contributed by atoms with Gasteiger partial charge < -0.3 is 0 Å². The van der Waals surface area contributed by atoms with E-state index >= 15 is 0 Å². The first kappa shape index (κ1) is 14.4. The molecule has 0 saturated heterocycles. The van der Waals surface area contributed by atoms with Crippen LogP contribution in [0, 0.1) is 0 Å². The first-order chi connectivity index (χ1) is 6.95. The lowest BCUT2D eigenvalue weighted by Crippen LogP contribution is -2.10. The molecule has 90 valence electrons. The van der Waals surface area contributed by atoms with E-state index < -0.39 is 16.1 Å². The van der Waals surface area contributed by atoms with Crippen molar-refractivity contribution in [3.63, 3.8) is 0 Å². The van der Waals surface area contributed by atoms with Crippen molar-refractivity contribution in [2.45, 2.75) is 45.4 Å². The van der Waals surface area contributed by atoms with Crippen LogP contribution in [0.25, 0.3) is 0 Å². The third kappa shape index (κ3) is 11.3. The predicted octanol–water partition coefficient (Wildman–Crippen LogP) is 1.78. The number of hydrogen-bond acceptors (Lipinski definition) is 5. The van der Waals surface area contributed by atoms with Gasteiger partial charge in [0, 0.05) is 6.42 Å². The number of carbonyl (C=O) groups excluding carboxylic acids is 1. The molecular formula is C9H18O5S. The van der Waals surface area contributed by atoms with Crippen molar-refractivity contribution in [1.82, 2.24) is 0 Å². The lowest BCUT2D eigenvalue weighted by Gasteiger charge is -2.00. The summed E-state index contributed by atoms with van der Waals surface area (Å²) in [4.78, 5) is 15.0. The highest BCUT2D eigenvalue weighted by atomic mass is 32.2. The van der Waals surface area contributed by atoms with E-state index in [4.69, 9.17) is 0 Å². The van der Waals surface area contributed by atoms with Crippen molar-refractivity contribution in [3.05, 3.63) is 0 Å². The molecular weight excluding hydrogens is 220 g/mol. The molecule has 0 unspecified atom stereocenters. The maximum atomic E-state index is 10.9. The summed E-state index contributed by atoms with van der Waals surface area (Å²) in [5, 5.41) is 0. The Morgan fingerprint density at radius 1 is 1.13 bits per heavy atom. The molecule has 0 radical (unpaired) electrons. The van der Waals surface area contributed by atoms with Crippen LogP contribution in [0.3, 0.4) is 0 Å². The predicted molar refractivity (Wildman–Crippen MR) is 55.4 cm³/mol. The first-order valence-corrected chi connectivity index (χ1v) is 6.86.